The number of carbonyl (C=O) groups excluding carboxylic acids is 1. The Balaban J connectivity index is 3.04. The zero-order valence-electron chi connectivity index (χ0n) is 8.71. The van der Waals surface area contributed by atoms with Gasteiger partial charge >= 0.3 is 5.97 Å². The highest BCUT2D eigenvalue weighted by Crippen LogP contribution is 2.10. The van der Waals surface area contributed by atoms with Crippen molar-refractivity contribution in [3.05, 3.63) is 0 Å². The van der Waals surface area contributed by atoms with Crippen LogP contribution in [0.25, 0.3) is 0 Å². The maximum absolute atomic E-state index is 10.6. The summed E-state index contributed by atoms with van der Waals surface area (Å²) in [6.07, 6.45) is 6.20. The molecule has 0 aromatic carbocycles. The molecule has 0 amide bonds. The Hall–Kier alpha value is -0.570. The Bertz CT molecular complexity index is 135. The average molecular weight is 187 g/mol. The molecule has 13 heavy (non-hydrogen) atoms. The number of nitrogens with two attached hydrogens (primary N) is 1. The molecule has 0 bridgehead atoms. The lowest BCUT2D eigenvalue weighted by atomic mass is 10.0. The molecular formula is C10H21NO2. The summed E-state index contributed by atoms with van der Waals surface area (Å²) >= 11 is 0. The predicted octanol–water partition coefficient (Wildman–Crippen LogP) is 2.40. The van der Waals surface area contributed by atoms with Crippen LogP contribution in [-0.4, -0.2) is 5.97 Å². The van der Waals surface area contributed by atoms with Gasteiger partial charge in [0.1, 0.15) is 0 Å². The van der Waals surface area contributed by atoms with Gasteiger partial charge in [-0.3, -0.25) is 4.79 Å². The average Bonchev–Trinajstić information content (AvgIpc) is 2.10. The van der Waals surface area contributed by atoms with Crippen LogP contribution in [0.5, 0.6) is 0 Å². The van der Waals surface area contributed by atoms with E-state index in [2.05, 4.69) is 18.7 Å². The summed E-state index contributed by atoms with van der Waals surface area (Å²) in [6.45, 7) is 4.46. The molecule has 0 saturated heterocycles. The van der Waals surface area contributed by atoms with Gasteiger partial charge in [-0.1, -0.05) is 39.5 Å². The normalized spacial score (nSPS) is 10.5. The molecule has 3 nitrogen and oxygen atoms in total. The van der Waals surface area contributed by atoms with Crippen molar-refractivity contribution < 1.29 is 9.63 Å². The fourth-order valence-corrected chi connectivity index (χ4v) is 1.23. The second-order valence-corrected chi connectivity index (χ2v) is 3.84. The summed E-state index contributed by atoms with van der Waals surface area (Å²) in [4.78, 5) is 14.7. The number of hydrogen-bond donors (Lipinski definition) is 1. The Labute approximate surface area is 80.6 Å². The summed E-state index contributed by atoms with van der Waals surface area (Å²) in [6, 6.07) is 0. The fraction of sp³-hybridized carbons (Fsp3) is 0.900. The molecule has 0 saturated carbocycles. The van der Waals surface area contributed by atoms with Gasteiger partial charge in [-0.15, -0.1) is 0 Å². The molecule has 0 aliphatic carbocycles. The highest BCUT2D eigenvalue weighted by Gasteiger charge is 2.00. The highest BCUT2D eigenvalue weighted by molar-refractivity contribution is 5.68. The van der Waals surface area contributed by atoms with Crippen molar-refractivity contribution in [3.8, 4) is 0 Å². The minimum atomic E-state index is -0.302. The van der Waals surface area contributed by atoms with E-state index in [4.69, 9.17) is 5.90 Å². The first-order chi connectivity index (χ1) is 6.16. The van der Waals surface area contributed by atoms with Gasteiger partial charge in [0.25, 0.3) is 0 Å². The molecule has 3 heteroatoms. The monoisotopic (exact) mass is 187 g/mol. The van der Waals surface area contributed by atoms with Gasteiger partial charge in [-0.05, 0) is 12.3 Å². The van der Waals surface area contributed by atoms with Crippen LogP contribution in [0.4, 0.5) is 0 Å². The standard InChI is InChI=1S/C10H21NO2/c1-9(2)7-5-3-4-6-8-10(12)13-11/h9H,3-8,11H2,1-2H3. The quantitative estimate of drug-likeness (QED) is 0.492. The minimum Gasteiger partial charge on any atom is -0.373 e. The summed E-state index contributed by atoms with van der Waals surface area (Å²) < 4.78 is 0. The van der Waals surface area contributed by atoms with Gasteiger partial charge in [0.2, 0.25) is 0 Å². The fourth-order valence-electron chi connectivity index (χ4n) is 1.23. The Morgan fingerprint density at radius 3 is 2.38 bits per heavy atom. The molecular weight excluding hydrogens is 166 g/mol. The van der Waals surface area contributed by atoms with Crippen LogP contribution < -0.4 is 5.90 Å². The van der Waals surface area contributed by atoms with Crippen LogP contribution >= 0.6 is 0 Å². The molecule has 0 rings (SSSR count). The van der Waals surface area contributed by atoms with E-state index in [9.17, 15) is 4.79 Å². The lowest BCUT2D eigenvalue weighted by Gasteiger charge is -2.03. The van der Waals surface area contributed by atoms with E-state index in [-0.39, 0.29) is 5.97 Å². The van der Waals surface area contributed by atoms with E-state index in [0.717, 1.165) is 18.8 Å². The molecule has 0 aromatic heterocycles. The third kappa shape index (κ3) is 9.34. The van der Waals surface area contributed by atoms with Crippen LogP contribution in [0, 0.1) is 5.92 Å². The third-order valence-electron chi connectivity index (χ3n) is 2.04. The van der Waals surface area contributed by atoms with E-state index < -0.39 is 0 Å². The SMILES string of the molecule is CC(C)CCCCCCC(=O)ON. The van der Waals surface area contributed by atoms with Gasteiger partial charge in [-0.2, -0.15) is 5.90 Å². The lowest BCUT2D eigenvalue weighted by molar-refractivity contribution is -0.144. The zero-order valence-corrected chi connectivity index (χ0v) is 8.71. The molecule has 0 aromatic rings. The Morgan fingerprint density at radius 2 is 1.85 bits per heavy atom. The maximum atomic E-state index is 10.6. The first kappa shape index (κ1) is 12.4. The van der Waals surface area contributed by atoms with Crippen LogP contribution in [0.3, 0.4) is 0 Å². The van der Waals surface area contributed by atoms with E-state index in [1.807, 2.05) is 0 Å². The molecule has 0 atom stereocenters. The molecule has 0 fully saturated rings. The van der Waals surface area contributed by atoms with E-state index in [1.165, 1.54) is 19.3 Å². The number of hydrogen-bond acceptors (Lipinski definition) is 3. The smallest absolute Gasteiger partial charge is 0.324 e. The van der Waals surface area contributed by atoms with Gasteiger partial charge in [0, 0.05) is 6.42 Å². The van der Waals surface area contributed by atoms with Crippen molar-refractivity contribution in [2.45, 2.75) is 52.4 Å². The summed E-state index contributed by atoms with van der Waals surface area (Å²) in [5.41, 5.74) is 0. The topological polar surface area (TPSA) is 52.3 Å². The molecule has 78 valence electrons. The second kappa shape index (κ2) is 8.05. The zero-order chi connectivity index (χ0) is 10.1. The molecule has 0 radical (unpaired) electrons. The van der Waals surface area contributed by atoms with Crippen LogP contribution in [-0.2, 0) is 9.63 Å². The molecule has 0 spiro atoms. The van der Waals surface area contributed by atoms with E-state index in [1.54, 1.807) is 0 Å². The molecule has 0 aliphatic heterocycles. The Kier molecular flexibility index (Phi) is 7.69. The molecule has 0 aliphatic rings. The second-order valence-electron chi connectivity index (χ2n) is 3.84. The lowest BCUT2D eigenvalue weighted by Crippen LogP contribution is -2.08. The van der Waals surface area contributed by atoms with Gasteiger partial charge in [0.15, 0.2) is 0 Å². The Morgan fingerprint density at radius 1 is 1.23 bits per heavy atom. The number of unbranched alkanes of at least 4 members (excludes halogenated alkanes) is 3. The van der Waals surface area contributed by atoms with Crippen molar-refractivity contribution in [2.24, 2.45) is 11.8 Å². The molecule has 0 unspecified atom stereocenters. The first-order valence-electron chi connectivity index (χ1n) is 5.06. The van der Waals surface area contributed by atoms with Crippen LogP contribution in [0.2, 0.25) is 0 Å². The van der Waals surface area contributed by atoms with Crippen molar-refractivity contribution in [1.29, 1.82) is 0 Å². The van der Waals surface area contributed by atoms with Gasteiger partial charge < -0.3 is 4.84 Å². The largest absolute Gasteiger partial charge is 0.373 e. The molecule has 2 N–H and O–H groups in total. The van der Waals surface area contributed by atoms with Crippen molar-refractivity contribution in [2.75, 3.05) is 0 Å². The first-order valence-corrected chi connectivity index (χ1v) is 5.06. The summed E-state index contributed by atoms with van der Waals surface area (Å²) in [7, 11) is 0. The van der Waals surface area contributed by atoms with Crippen molar-refractivity contribution in [3.63, 3.8) is 0 Å². The third-order valence-corrected chi connectivity index (χ3v) is 2.04. The van der Waals surface area contributed by atoms with E-state index >= 15 is 0 Å². The van der Waals surface area contributed by atoms with Gasteiger partial charge in [0.05, 0.1) is 0 Å². The van der Waals surface area contributed by atoms with Crippen molar-refractivity contribution >= 4 is 5.97 Å². The van der Waals surface area contributed by atoms with Crippen LogP contribution in [0.15, 0.2) is 0 Å². The number of rotatable bonds is 7. The van der Waals surface area contributed by atoms with Gasteiger partial charge in [-0.25, -0.2) is 0 Å². The molecule has 0 heterocycles. The van der Waals surface area contributed by atoms with Crippen LogP contribution in [0.1, 0.15) is 52.4 Å². The summed E-state index contributed by atoms with van der Waals surface area (Å²) in [5.74, 6) is 5.19. The highest BCUT2D eigenvalue weighted by atomic mass is 16.7. The van der Waals surface area contributed by atoms with Crippen molar-refractivity contribution in [1.82, 2.24) is 0 Å². The summed E-state index contributed by atoms with van der Waals surface area (Å²) in [5, 5.41) is 0. The predicted molar refractivity (Wildman–Crippen MR) is 52.8 cm³/mol. The number of carbonyl (C=O) groups is 1. The maximum Gasteiger partial charge on any atom is 0.324 e. The minimum absolute atomic E-state index is 0.302. The van der Waals surface area contributed by atoms with E-state index in [0.29, 0.717) is 6.42 Å².